The largest absolute Gasteiger partial charge is 0.481 e. The van der Waals surface area contributed by atoms with Crippen LogP contribution in [0.2, 0.25) is 0 Å². The summed E-state index contributed by atoms with van der Waals surface area (Å²) in [6.07, 6.45) is -0.619. The van der Waals surface area contributed by atoms with E-state index in [0.717, 1.165) is 4.47 Å². The SMILES string of the molecule is CCOCC(O)CC(C(=O)O)c1ccc(Br)cc1. The molecule has 0 aliphatic heterocycles. The second-order valence-corrected chi connectivity index (χ2v) is 4.91. The highest BCUT2D eigenvalue weighted by Crippen LogP contribution is 2.23. The van der Waals surface area contributed by atoms with Crippen molar-refractivity contribution in [2.45, 2.75) is 25.4 Å². The summed E-state index contributed by atoms with van der Waals surface area (Å²) in [7, 11) is 0. The molecule has 0 fully saturated rings. The quantitative estimate of drug-likeness (QED) is 0.810. The predicted molar refractivity (Wildman–Crippen MR) is 71.6 cm³/mol. The number of benzene rings is 1. The molecular formula is C13H17BrO4. The molecule has 1 aromatic rings. The molecule has 0 aliphatic rings. The summed E-state index contributed by atoms with van der Waals surface area (Å²) in [4.78, 5) is 11.2. The molecule has 0 saturated heterocycles. The summed E-state index contributed by atoms with van der Waals surface area (Å²) in [6, 6.07) is 7.08. The van der Waals surface area contributed by atoms with E-state index in [1.54, 1.807) is 24.3 Å². The Bertz CT molecular complexity index is 377. The lowest BCUT2D eigenvalue weighted by molar-refractivity contribution is -0.139. The summed E-state index contributed by atoms with van der Waals surface area (Å²) in [5.74, 6) is -1.65. The Morgan fingerprint density at radius 3 is 2.50 bits per heavy atom. The lowest BCUT2D eigenvalue weighted by Crippen LogP contribution is -2.23. The molecule has 2 N–H and O–H groups in total. The third kappa shape index (κ3) is 4.76. The standard InChI is InChI=1S/C13H17BrO4/c1-2-18-8-11(15)7-12(13(16)17)9-3-5-10(14)6-4-9/h3-6,11-12,15H,2,7-8H2,1H3,(H,16,17). The minimum absolute atomic E-state index is 0.150. The maximum Gasteiger partial charge on any atom is 0.311 e. The molecule has 0 bridgehead atoms. The Hall–Kier alpha value is -0.910. The van der Waals surface area contributed by atoms with Gasteiger partial charge in [0, 0.05) is 11.1 Å². The van der Waals surface area contributed by atoms with E-state index in [1.165, 1.54) is 0 Å². The first-order valence-corrected chi connectivity index (χ1v) is 6.58. The number of carboxylic acid groups (broad SMARTS) is 1. The molecule has 0 spiro atoms. The number of hydrogen-bond donors (Lipinski definition) is 2. The number of aliphatic carboxylic acids is 1. The third-order valence-electron chi connectivity index (χ3n) is 2.59. The van der Waals surface area contributed by atoms with E-state index >= 15 is 0 Å². The zero-order chi connectivity index (χ0) is 13.5. The minimum atomic E-state index is -0.937. The fraction of sp³-hybridized carbons (Fsp3) is 0.462. The summed E-state index contributed by atoms with van der Waals surface area (Å²) >= 11 is 3.30. The molecule has 0 radical (unpaired) electrons. The fourth-order valence-corrected chi connectivity index (χ4v) is 1.93. The molecule has 2 unspecified atom stereocenters. The second kappa shape index (κ2) is 7.51. The average molecular weight is 317 g/mol. The average Bonchev–Trinajstić information content (AvgIpc) is 2.34. The van der Waals surface area contributed by atoms with Crippen molar-refractivity contribution >= 4 is 21.9 Å². The summed E-state index contributed by atoms with van der Waals surface area (Å²) in [5.41, 5.74) is 0.682. The van der Waals surface area contributed by atoms with Gasteiger partial charge in [-0.2, -0.15) is 0 Å². The van der Waals surface area contributed by atoms with Gasteiger partial charge in [-0.25, -0.2) is 0 Å². The highest BCUT2D eigenvalue weighted by atomic mass is 79.9. The minimum Gasteiger partial charge on any atom is -0.481 e. The number of halogens is 1. The van der Waals surface area contributed by atoms with Gasteiger partial charge in [0.25, 0.3) is 0 Å². The van der Waals surface area contributed by atoms with Crippen LogP contribution in [0.3, 0.4) is 0 Å². The van der Waals surface area contributed by atoms with Crippen molar-refractivity contribution in [2.75, 3.05) is 13.2 Å². The van der Waals surface area contributed by atoms with Crippen LogP contribution in [0.5, 0.6) is 0 Å². The van der Waals surface area contributed by atoms with Gasteiger partial charge in [-0.15, -0.1) is 0 Å². The third-order valence-corrected chi connectivity index (χ3v) is 3.12. The van der Waals surface area contributed by atoms with E-state index in [9.17, 15) is 15.0 Å². The molecule has 1 rings (SSSR count). The van der Waals surface area contributed by atoms with Gasteiger partial charge in [-0.3, -0.25) is 4.79 Å². The van der Waals surface area contributed by atoms with Crippen LogP contribution in [0.15, 0.2) is 28.7 Å². The highest BCUT2D eigenvalue weighted by Gasteiger charge is 2.23. The Morgan fingerprint density at radius 1 is 1.39 bits per heavy atom. The number of ether oxygens (including phenoxy) is 1. The van der Waals surface area contributed by atoms with Gasteiger partial charge in [0.15, 0.2) is 0 Å². The Balaban J connectivity index is 2.71. The van der Waals surface area contributed by atoms with Gasteiger partial charge >= 0.3 is 5.97 Å². The number of aliphatic hydroxyl groups is 1. The smallest absolute Gasteiger partial charge is 0.311 e. The molecule has 18 heavy (non-hydrogen) atoms. The topological polar surface area (TPSA) is 66.8 Å². The van der Waals surface area contributed by atoms with Crippen molar-refractivity contribution in [3.05, 3.63) is 34.3 Å². The lowest BCUT2D eigenvalue weighted by Gasteiger charge is -2.17. The van der Waals surface area contributed by atoms with Crippen molar-refractivity contribution in [1.82, 2.24) is 0 Å². The van der Waals surface area contributed by atoms with Crippen LogP contribution in [-0.2, 0) is 9.53 Å². The van der Waals surface area contributed by atoms with E-state index in [2.05, 4.69) is 15.9 Å². The molecule has 4 nitrogen and oxygen atoms in total. The number of carbonyl (C=O) groups is 1. The summed E-state index contributed by atoms with van der Waals surface area (Å²) in [6.45, 7) is 2.50. The Labute approximate surface area is 115 Å². The van der Waals surface area contributed by atoms with E-state index in [1.807, 2.05) is 6.92 Å². The van der Waals surface area contributed by atoms with Crippen molar-refractivity contribution in [3.63, 3.8) is 0 Å². The molecule has 1 aromatic carbocycles. The van der Waals surface area contributed by atoms with Crippen LogP contribution in [0.1, 0.15) is 24.8 Å². The predicted octanol–water partition coefficient (Wildman–Crippen LogP) is 2.40. The van der Waals surface area contributed by atoms with E-state index in [0.29, 0.717) is 12.2 Å². The maximum atomic E-state index is 11.2. The number of aliphatic hydroxyl groups excluding tert-OH is 1. The summed E-state index contributed by atoms with van der Waals surface area (Å²) in [5, 5.41) is 18.9. The van der Waals surface area contributed by atoms with Crippen LogP contribution in [-0.4, -0.2) is 35.5 Å². The van der Waals surface area contributed by atoms with Crippen molar-refractivity contribution in [1.29, 1.82) is 0 Å². The molecule has 2 atom stereocenters. The summed E-state index contributed by atoms with van der Waals surface area (Å²) < 4.78 is 5.97. The highest BCUT2D eigenvalue weighted by molar-refractivity contribution is 9.10. The number of hydrogen-bond acceptors (Lipinski definition) is 3. The monoisotopic (exact) mass is 316 g/mol. The van der Waals surface area contributed by atoms with Crippen LogP contribution < -0.4 is 0 Å². The van der Waals surface area contributed by atoms with Crippen molar-refractivity contribution < 1.29 is 19.7 Å². The Kier molecular flexibility index (Phi) is 6.32. The molecule has 0 heterocycles. The second-order valence-electron chi connectivity index (χ2n) is 3.99. The molecule has 0 amide bonds. The van der Waals surface area contributed by atoms with Crippen LogP contribution in [0, 0.1) is 0 Å². The van der Waals surface area contributed by atoms with Crippen molar-refractivity contribution in [3.8, 4) is 0 Å². The first-order valence-electron chi connectivity index (χ1n) is 5.78. The van der Waals surface area contributed by atoms with E-state index in [4.69, 9.17) is 4.74 Å². The van der Waals surface area contributed by atoms with Gasteiger partial charge in [0.05, 0.1) is 18.6 Å². The molecular weight excluding hydrogens is 300 g/mol. The van der Waals surface area contributed by atoms with Gasteiger partial charge in [0.1, 0.15) is 0 Å². The van der Waals surface area contributed by atoms with Gasteiger partial charge in [-0.1, -0.05) is 28.1 Å². The van der Waals surface area contributed by atoms with Crippen molar-refractivity contribution in [2.24, 2.45) is 0 Å². The zero-order valence-electron chi connectivity index (χ0n) is 10.2. The zero-order valence-corrected chi connectivity index (χ0v) is 11.8. The molecule has 0 aromatic heterocycles. The van der Waals surface area contributed by atoms with Gasteiger partial charge < -0.3 is 14.9 Å². The van der Waals surface area contributed by atoms with E-state index < -0.39 is 18.0 Å². The van der Waals surface area contributed by atoms with Crippen LogP contribution >= 0.6 is 15.9 Å². The van der Waals surface area contributed by atoms with E-state index in [-0.39, 0.29) is 13.0 Å². The molecule has 100 valence electrons. The first-order chi connectivity index (χ1) is 8.54. The van der Waals surface area contributed by atoms with Crippen LogP contribution in [0.4, 0.5) is 0 Å². The van der Waals surface area contributed by atoms with Gasteiger partial charge in [-0.05, 0) is 31.0 Å². The maximum absolute atomic E-state index is 11.2. The normalized spacial score (nSPS) is 14.2. The molecule has 5 heteroatoms. The number of carboxylic acids is 1. The lowest BCUT2D eigenvalue weighted by atomic mass is 9.93. The first kappa shape index (κ1) is 15.1. The Morgan fingerprint density at radius 2 is 2.00 bits per heavy atom. The number of rotatable bonds is 7. The molecule has 0 saturated carbocycles. The fourth-order valence-electron chi connectivity index (χ4n) is 1.67. The van der Waals surface area contributed by atoms with Gasteiger partial charge in [0.2, 0.25) is 0 Å². The van der Waals surface area contributed by atoms with Crippen LogP contribution in [0.25, 0.3) is 0 Å². The molecule has 0 aliphatic carbocycles.